The number of fused-ring (bicyclic) bond motifs is 1. The quantitative estimate of drug-likeness (QED) is 0.676. The first-order valence-electron chi connectivity index (χ1n) is 7.90. The second-order valence-corrected chi connectivity index (χ2v) is 6.24. The van der Waals surface area contributed by atoms with Crippen molar-refractivity contribution in [2.45, 2.75) is 64.2 Å². The topological polar surface area (TPSA) is 34.1 Å². The third kappa shape index (κ3) is 3.77. The van der Waals surface area contributed by atoms with E-state index in [1.807, 2.05) is 0 Å². The molecule has 0 saturated heterocycles. The van der Waals surface area contributed by atoms with Crippen LogP contribution in [-0.2, 0) is 9.59 Å². The number of ketones is 2. The van der Waals surface area contributed by atoms with Crippen molar-refractivity contribution in [3.63, 3.8) is 0 Å². The molecule has 19 heavy (non-hydrogen) atoms. The van der Waals surface area contributed by atoms with Crippen molar-refractivity contribution in [1.82, 2.24) is 0 Å². The predicted octanol–water partition coefficient (Wildman–Crippen LogP) is 4.09. The van der Waals surface area contributed by atoms with E-state index in [9.17, 15) is 9.59 Å². The summed E-state index contributed by atoms with van der Waals surface area (Å²) < 4.78 is 0. The highest BCUT2D eigenvalue weighted by molar-refractivity contribution is 5.89. The van der Waals surface area contributed by atoms with Crippen molar-refractivity contribution in [3.8, 4) is 0 Å². The lowest BCUT2D eigenvalue weighted by molar-refractivity contribution is -0.127. The molecule has 2 aliphatic rings. The van der Waals surface area contributed by atoms with Gasteiger partial charge < -0.3 is 0 Å². The number of carbonyl (C=O) groups excluding carboxylic acids is 2. The molecule has 2 saturated carbocycles. The van der Waals surface area contributed by atoms with E-state index < -0.39 is 0 Å². The third-order valence-corrected chi connectivity index (χ3v) is 5.06. The summed E-state index contributed by atoms with van der Waals surface area (Å²) in [5, 5.41) is 0. The van der Waals surface area contributed by atoms with Crippen LogP contribution in [0.25, 0.3) is 0 Å². The molecule has 0 N–H and O–H groups in total. The molecule has 2 nitrogen and oxygen atoms in total. The monoisotopic (exact) mass is 262 g/mol. The second kappa shape index (κ2) is 7.02. The lowest BCUT2D eigenvalue weighted by atomic mass is 9.64. The third-order valence-electron chi connectivity index (χ3n) is 5.06. The molecule has 0 bridgehead atoms. The average molecular weight is 262 g/mol. The van der Waals surface area contributed by atoms with Gasteiger partial charge in [-0.1, -0.05) is 38.7 Å². The van der Waals surface area contributed by atoms with Crippen molar-refractivity contribution in [3.05, 3.63) is 12.7 Å². The van der Waals surface area contributed by atoms with Gasteiger partial charge in [0.2, 0.25) is 0 Å². The number of hydrogen-bond acceptors (Lipinski definition) is 2. The van der Waals surface area contributed by atoms with Crippen LogP contribution in [0.4, 0.5) is 0 Å². The Morgan fingerprint density at radius 1 is 1.00 bits per heavy atom. The minimum absolute atomic E-state index is 0.0620. The van der Waals surface area contributed by atoms with E-state index in [0.717, 1.165) is 12.3 Å². The highest BCUT2D eigenvalue weighted by atomic mass is 16.1. The smallest absolute Gasteiger partial charge is 0.155 e. The fourth-order valence-corrected chi connectivity index (χ4v) is 4.06. The van der Waals surface area contributed by atoms with Gasteiger partial charge in [0, 0.05) is 18.8 Å². The summed E-state index contributed by atoms with van der Waals surface area (Å²) in [6, 6.07) is 0. The zero-order chi connectivity index (χ0) is 13.7. The van der Waals surface area contributed by atoms with Crippen molar-refractivity contribution in [2.24, 2.45) is 17.8 Å². The molecule has 2 heteroatoms. The fourth-order valence-electron chi connectivity index (χ4n) is 4.06. The van der Waals surface area contributed by atoms with Gasteiger partial charge in [0.15, 0.2) is 5.78 Å². The van der Waals surface area contributed by atoms with Gasteiger partial charge in [-0.3, -0.25) is 9.59 Å². The summed E-state index contributed by atoms with van der Waals surface area (Å²) in [5.74, 6) is 2.26. The summed E-state index contributed by atoms with van der Waals surface area (Å²) >= 11 is 0. The summed E-state index contributed by atoms with van der Waals surface area (Å²) in [6.45, 7) is 3.47. The van der Waals surface area contributed by atoms with Crippen LogP contribution in [0.1, 0.15) is 64.2 Å². The zero-order valence-electron chi connectivity index (χ0n) is 11.9. The number of Topliss-reactive ketones (excluding diaryl/α,β-unsaturated/α-hetero) is 1. The minimum atomic E-state index is 0.0620. The molecule has 0 aliphatic heterocycles. The van der Waals surface area contributed by atoms with Crippen LogP contribution in [0, 0.1) is 17.8 Å². The van der Waals surface area contributed by atoms with E-state index in [1.54, 1.807) is 0 Å². The minimum Gasteiger partial charge on any atom is -0.299 e. The van der Waals surface area contributed by atoms with E-state index in [0.29, 0.717) is 36.9 Å². The molecule has 0 spiro atoms. The first kappa shape index (κ1) is 14.5. The Bertz CT molecular complexity index is 343. The Kier molecular flexibility index (Phi) is 5.35. The van der Waals surface area contributed by atoms with Crippen LogP contribution >= 0.6 is 0 Å². The molecular weight excluding hydrogens is 236 g/mol. The summed E-state index contributed by atoms with van der Waals surface area (Å²) in [5.41, 5.74) is 0. The number of allylic oxidation sites excluding steroid dienone is 1. The molecule has 0 aromatic carbocycles. The van der Waals surface area contributed by atoms with Gasteiger partial charge >= 0.3 is 0 Å². The van der Waals surface area contributed by atoms with Gasteiger partial charge in [-0.25, -0.2) is 0 Å². The molecule has 106 valence electrons. The number of carbonyl (C=O) groups is 2. The van der Waals surface area contributed by atoms with E-state index in [-0.39, 0.29) is 5.78 Å². The highest BCUT2D eigenvalue weighted by Gasteiger charge is 2.37. The largest absolute Gasteiger partial charge is 0.299 e. The van der Waals surface area contributed by atoms with Crippen molar-refractivity contribution in [1.29, 1.82) is 0 Å². The highest BCUT2D eigenvalue weighted by Crippen LogP contribution is 2.44. The normalized spacial score (nSPS) is 30.4. The van der Waals surface area contributed by atoms with Crippen molar-refractivity contribution >= 4 is 11.6 Å². The van der Waals surface area contributed by atoms with Gasteiger partial charge in [-0.2, -0.15) is 0 Å². The molecule has 0 radical (unpaired) electrons. The Hall–Kier alpha value is -0.920. The Morgan fingerprint density at radius 2 is 1.74 bits per heavy atom. The molecule has 0 aromatic rings. The van der Waals surface area contributed by atoms with Gasteiger partial charge in [-0.15, -0.1) is 0 Å². The van der Waals surface area contributed by atoms with Gasteiger partial charge in [0.25, 0.3) is 0 Å². The zero-order valence-corrected chi connectivity index (χ0v) is 11.9. The molecule has 0 amide bonds. The van der Waals surface area contributed by atoms with E-state index in [4.69, 9.17) is 0 Å². The first-order valence-corrected chi connectivity index (χ1v) is 7.90. The van der Waals surface area contributed by atoms with Crippen LogP contribution in [-0.4, -0.2) is 11.6 Å². The molecule has 2 rings (SSSR count). The Labute approximate surface area is 116 Å². The molecular formula is C17H26O2. The maximum Gasteiger partial charge on any atom is 0.155 e. The second-order valence-electron chi connectivity index (χ2n) is 6.24. The average Bonchev–Trinajstić information content (AvgIpc) is 2.46. The van der Waals surface area contributed by atoms with Crippen LogP contribution in [0.5, 0.6) is 0 Å². The lowest BCUT2D eigenvalue weighted by Crippen LogP contribution is -2.35. The lowest BCUT2D eigenvalue weighted by Gasteiger charge is -2.40. The summed E-state index contributed by atoms with van der Waals surface area (Å²) in [7, 11) is 0. The molecule has 2 aliphatic carbocycles. The number of rotatable bonds is 6. The summed E-state index contributed by atoms with van der Waals surface area (Å²) in [4.78, 5) is 23.6. The molecule has 2 fully saturated rings. The van der Waals surface area contributed by atoms with E-state index >= 15 is 0 Å². The Morgan fingerprint density at radius 3 is 2.53 bits per heavy atom. The van der Waals surface area contributed by atoms with E-state index in [2.05, 4.69) is 6.58 Å². The molecule has 3 atom stereocenters. The first-order chi connectivity index (χ1) is 9.22. The van der Waals surface area contributed by atoms with Gasteiger partial charge in [0.05, 0.1) is 0 Å². The molecule has 0 heterocycles. The van der Waals surface area contributed by atoms with E-state index in [1.165, 1.54) is 44.6 Å². The maximum atomic E-state index is 12.4. The molecule has 0 aromatic heterocycles. The predicted molar refractivity (Wildman–Crippen MR) is 76.9 cm³/mol. The van der Waals surface area contributed by atoms with Gasteiger partial charge in [0.1, 0.15) is 5.78 Å². The van der Waals surface area contributed by atoms with Crippen LogP contribution in [0.15, 0.2) is 12.7 Å². The van der Waals surface area contributed by atoms with Crippen LogP contribution in [0.2, 0.25) is 0 Å². The maximum absolute atomic E-state index is 12.4. The SMILES string of the molecule is C=CC(=O)CCCC(=O)C1CCCC2CCCCC21. The standard InChI is InChI=1S/C17H26O2/c1-2-14(18)9-6-12-17(19)16-11-5-8-13-7-3-4-10-15(13)16/h2,13,15-16H,1,3-12H2. The van der Waals surface area contributed by atoms with Crippen LogP contribution < -0.4 is 0 Å². The van der Waals surface area contributed by atoms with Crippen molar-refractivity contribution in [2.75, 3.05) is 0 Å². The molecule has 3 unspecified atom stereocenters. The summed E-state index contributed by atoms with van der Waals surface area (Å²) in [6.07, 6.45) is 12.1. The fraction of sp³-hybridized carbons (Fsp3) is 0.765. The van der Waals surface area contributed by atoms with Gasteiger partial charge in [-0.05, 0) is 37.2 Å². The Balaban J connectivity index is 1.83. The number of hydrogen-bond donors (Lipinski definition) is 0. The van der Waals surface area contributed by atoms with Crippen LogP contribution in [0.3, 0.4) is 0 Å². The van der Waals surface area contributed by atoms with Crippen molar-refractivity contribution < 1.29 is 9.59 Å².